The molecule has 1 aromatic carbocycles. The van der Waals surface area contributed by atoms with Gasteiger partial charge in [-0.25, -0.2) is 0 Å². The van der Waals surface area contributed by atoms with E-state index in [1.807, 2.05) is 18.2 Å². The minimum Gasteiger partial charge on any atom is -0.309 e. The van der Waals surface area contributed by atoms with E-state index in [-0.39, 0.29) is 11.6 Å². The molecule has 0 aromatic heterocycles. The molecular formula is C14H23ClN2. The lowest BCUT2D eigenvalue weighted by Gasteiger charge is -2.41. The summed E-state index contributed by atoms with van der Waals surface area (Å²) in [5.74, 6) is 0. The number of nitrogens with one attached hydrogen (secondary N) is 1. The second kappa shape index (κ2) is 5.85. The van der Waals surface area contributed by atoms with E-state index in [0.29, 0.717) is 0 Å². The molecule has 0 saturated heterocycles. The molecular weight excluding hydrogens is 232 g/mol. The molecule has 0 saturated carbocycles. The van der Waals surface area contributed by atoms with Gasteiger partial charge in [-0.05, 0) is 46.1 Å². The summed E-state index contributed by atoms with van der Waals surface area (Å²) in [5, 5.41) is 4.36. The monoisotopic (exact) mass is 254 g/mol. The van der Waals surface area contributed by atoms with Crippen molar-refractivity contribution in [2.75, 3.05) is 20.6 Å². The van der Waals surface area contributed by atoms with Crippen LogP contribution in [-0.4, -0.2) is 31.1 Å². The van der Waals surface area contributed by atoms with Crippen LogP contribution in [0.3, 0.4) is 0 Å². The second-order valence-corrected chi connectivity index (χ2v) is 5.47. The van der Waals surface area contributed by atoms with Gasteiger partial charge in [0, 0.05) is 10.6 Å². The Morgan fingerprint density at radius 2 is 1.88 bits per heavy atom. The van der Waals surface area contributed by atoms with Gasteiger partial charge in [0.25, 0.3) is 0 Å². The van der Waals surface area contributed by atoms with E-state index < -0.39 is 0 Å². The highest BCUT2D eigenvalue weighted by Gasteiger charge is 2.33. The summed E-state index contributed by atoms with van der Waals surface area (Å²) < 4.78 is 0. The molecule has 1 unspecified atom stereocenters. The normalized spacial score (nSPS) is 14.1. The molecule has 0 radical (unpaired) electrons. The molecule has 2 nitrogen and oxygen atoms in total. The number of hydrogen-bond donors (Lipinski definition) is 1. The van der Waals surface area contributed by atoms with E-state index in [1.165, 1.54) is 0 Å². The number of halogens is 1. The third kappa shape index (κ3) is 3.21. The smallest absolute Gasteiger partial charge is 0.0516 e. The van der Waals surface area contributed by atoms with Crippen molar-refractivity contribution in [2.45, 2.75) is 32.4 Å². The van der Waals surface area contributed by atoms with Gasteiger partial charge in [-0.15, -0.1) is 0 Å². The summed E-state index contributed by atoms with van der Waals surface area (Å²) in [7, 11) is 4.20. The quantitative estimate of drug-likeness (QED) is 0.867. The zero-order valence-electron chi connectivity index (χ0n) is 11.4. The molecule has 3 heteroatoms. The lowest BCUT2D eigenvalue weighted by Crippen LogP contribution is -2.49. The number of rotatable bonds is 5. The lowest BCUT2D eigenvalue weighted by atomic mass is 9.87. The summed E-state index contributed by atoms with van der Waals surface area (Å²) in [4.78, 5) is 2.23. The largest absolute Gasteiger partial charge is 0.309 e. The number of nitrogens with zero attached hydrogens (tertiary/aromatic N) is 1. The van der Waals surface area contributed by atoms with Crippen molar-refractivity contribution >= 4 is 11.6 Å². The Morgan fingerprint density at radius 1 is 1.29 bits per heavy atom. The van der Waals surface area contributed by atoms with E-state index in [1.54, 1.807) is 0 Å². The molecule has 0 spiro atoms. The summed E-state index contributed by atoms with van der Waals surface area (Å²) >= 11 is 6.31. The van der Waals surface area contributed by atoms with Gasteiger partial charge >= 0.3 is 0 Å². The van der Waals surface area contributed by atoms with Gasteiger partial charge < -0.3 is 10.2 Å². The molecule has 1 atom stereocenters. The van der Waals surface area contributed by atoms with Crippen molar-refractivity contribution in [1.82, 2.24) is 10.2 Å². The van der Waals surface area contributed by atoms with Crippen LogP contribution in [0.5, 0.6) is 0 Å². The third-order valence-electron chi connectivity index (χ3n) is 3.48. The van der Waals surface area contributed by atoms with Crippen LogP contribution in [0.4, 0.5) is 0 Å². The highest BCUT2D eigenvalue weighted by atomic mass is 35.5. The number of likely N-dealkylation sites (N-methyl/N-ethyl adjacent to an activating group) is 2. The van der Waals surface area contributed by atoms with Gasteiger partial charge in [0.2, 0.25) is 0 Å². The van der Waals surface area contributed by atoms with E-state index in [9.17, 15) is 0 Å². The van der Waals surface area contributed by atoms with E-state index in [2.05, 4.69) is 51.1 Å². The summed E-state index contributed by atoms with van der Waals surface area (Å²) in [6.45, 7) is 7.50. The first kappa shape index (κ1) is 14.5. The minimum absolute atomic E-state index is 0.000995. The van der Waals surface area contributed by atoms with Crippen molar-refractivity contribution < 1.29 is 0 Å². The summed E-state index contributed by atoms with van der Waals surface area (Å²) in [6, 6.07) is 8.28. The van der Waals surface area contributed by atoms with Crippen LogP contribution >= 0.6 is 11.6 Å². The molecule has 0 fully saturated rings. The van der Waals surface area contributed by atoms with E-state index >= 15 is 0 Å². The van der Waals surface area contributed by atoms with Gasteiger partial charge in [-0.2, -0.15) is 0 Å². The van der Waals surface area contributed by atoms with Crippen LogP contribution in [-0.2, 0) is 0 Å². The number of benzene rings is 1. The Labute approximate surface area is 110 Å². The minimum atomic E-state index is 0.000995. The molecule has 0 aliphatic carbocycles. The Bertz CT molecular complexity index is 361. The van der Waals surface area contributed by atoms with Gasteiger partial charge in [0.15, 0.2) is 0 Å². The van der Waals surface area contributed by atoms with E-state index in [0.717, 1.165) is 17.1 Å². The maximum Gasteiger partial charge on any atom is 0.0516 e. The Hall–Kier alpha value is -0.570. The lowest BCUT2D eigenvalue weighted by molar-refractivity contribution is 0.139. The molecule has 0 bridgehead atoms. The van der Waals surface area contributed by atoms with Crippen LogP contribution in [0, 0.1) is 0 Å². The first-order valence-corrected chi connectivity index (χ1v) is 6.44. The second-order valence-electron chi connectivity index (χ2n) is 5.06. The molecule has 96 valence electrons. The van der Waals surface area contributed by atoms with Crippen molar-refractivity contribution in [3.63, 3.8) is 0 Å². The summed E-state index contributed by atoms with van der Waals surface area (Å²) in [5.41, 5.74) is 1.16. The molecule has 17 heavy (non-hydrogen) atoms. The molecule has 1 N–H and O–H groups in total. The molecule has 0 heterocycles. The highest BCUT2D eigenvalue weighted by Crippen LogP contribution is 2.33. The molecule has 1 aromatic rings. The Kier molecular flexibility index (Phi) is 4.99. The Balaban J connectivity index is 3.14. The zero-order chi connectivity index (χ0) is 13.1. The van der Waals surface area contributed by atoms with Crippen molar-refractivity contribution in [1.29, 1.82) is 0 Å². The first-order chi connectivity index (χ1) is 7.91. The van der Waals surface area contributed by atoms with Crippen LogP contribution < -0.4 is 5.32 Å². The van der Waals surface area contributed by atoms with Crippen LogP contribution in [0.2, 0.25) is 5.02 Å². The topological polar surface area (TPSA) is 15.3 Å². The molecule has 1 rings (SSSR count). The fourth-order valence-corrected chi connectivity index (χ4v) is 2.16. The fraction of sp³-hybridized carbons (Fsp3) is 0.571. The van der Waals surface area contributed by atoms with Gasteiger partial charge in [-0.1, -0.05) is 36.7 Å². The van der Waals surface area contributed by atoms with Gasteiger partial charge in [0.1, 0.15) is 0 Å². The number of hydrogen-bond acceptors (Lipinski definition) is 2. The first-order valence-electron chi connectivity index (χ1n) is 6.06. The highest BCUT2D eigenvalue weighted by molar-refractivity contribution is 6.31. The van der Waals surface area contributed by atoms with Crippen molar-refractivity contribution in [3.05, 3.63) is 34.9 Å². The van der Waals surface area contributed by atoms with Gasteiger partial charge in [0.05, 0.1) is 6.04 Å². The van der Waals surface area contributed by atoms with Crippen molar-refractivity contribution in [2.24, 2.45) is 0 Å². The fourth-order valence-electron chi connectivity index (χ4n) is 1.91. The van der Waals surface area contributed by atoms with Crippen LogP contribution in [0.25, 0.3) is 0 Å². The molecule has 0 amide bonds. The predicted octanol–water partition coefficient (Wildman–Crippen LogP) is 3.33. The SMILES string of the molecule is CCNC(c1ccccc1Cl)C(C)(C)N(C)C. The average Bonchev–Trinajstić information content (AvgIpc) is 2.26. The average molecular weight is 255 g/mol. The van der Waals surface area contributed by atoms with Crippen molar-refractivity contribution in [3.8, 4) is 0 Å². The maximum atomic E-state index is 6.31. The van der Waals surface area contributed by atoms with Gasteiger partial charge in [-0.3, -0.25) is 0 Å². The third-order valence-corrected chi connectivity index (χ3v) is 3.83. The van der Waals surface area contributed by atoms with Crippen LogP contribution in [0.15, 0.2) is 24.3 Å². The zero-order valence-corrected chi connectivity index (χ0v) is 12.2. The molecule has 0 aliphatic rings. The van der Waals surface area contributed by atoms with E-state index in [4.69, 9.17) is 11.6 Å². The van der Waals surface area contributed by atoms with Crippen LogP contribution in [0.1, 0.15) is 32.4 Å². The molecule has 0 aliphatic heterocycles. The summed E-state index contributed by atoms with van der Waals surface area (Å²) in [6.07, 6.45) is 0. The standard InChI is InChI=1S/C14H23ClN2/c1-6-16-13(14(2,3)17(4)5)11-9-7-8-10-12(11)15/h7-10,13,16H,6H2,1-5H3. The Morgan fingerprint density at radius 3 is 2.35 bits per heavy atom. The maximum absolute atomic E-state index is 6.31. The predicted molar refractivity (Wildman–Crippen MR) is 75.6 cm³/mol.